The van der Waals surface area contributed by atoms with Gasteiger partial charge in [-0.1, -0.05) is 65.0 Å². The van der Waals surface area contributed by atoms with Crippen LogP contribution in [0.2, 0.25) is 5.02 Å². The Bertz CT molecular complexity index is 1210. The number of hydrogen-bond donors (Lipinski definition) is 0. The Hall–Kier alpha value is -3.29. The number of benzene rings is 3. The number of aromatic nitrogens is 3. The Morgan fingerprint density at radius 3 is 2.16 bits per heavy atom. The van der Waals surface area contributed by atoms with Gasteiger partial charge in [0.2, 0.25) is 5.69 Å². The van der Waals surface area contributed by atoms with Gasteiger partial charge in [0.05, 0.1) is 20.8 Å². The summed E-state index contributed by atoms with van der Waals surface area (Å²) >= 11 is 7.40. The highest BCUT2D eigenvalue weighted by Gasteiger charge is 2.22. The summed E-state index contributed by atoms with van der Waals surface area (Å²) in [6.07, 6.45) is 0. The van der Waals surface area contributed by atoms with E-state index >= 15 is 0 Å². The van der Waals surface area contributed by atoms with Crippen molar-refractivity contribution < 1.29 is 14.3 Å². The van der Waals surface area contributed by atoms with E-state index in [1.165, 1.54) is 18.9 Å². The lowest BCUT2D eigenvalue weighted by molar-refractivity contribution is 0.0589. The third-order valence-electron chi connectivity index (χ3n) is 4.81. The maximum atomic E-state index is 12.3. The van der Waals surface area contributed by atoms with Gasteiger partial charge in [-0.05, 0) is 53.1 Å². The molecule has 0 fully saturated rings. The van der Waals surface area contributed by atoms with Gasteiger partial charge < -0.3 is 9.47 Å². The van der Waals surface area contributed by atoms with Crippen LogP contribution in [0.15, 0.2) is 82.7 Å². The smallest absolute Gasteiger partial charge is 0.361 e. The quantitative estimate of drug-likeness (QED) is 0.331. The first-order valence-electron chi connectivity index (χ1n) is 9.76. The van der Waals surface area contributed by atoms with Crippen LogP contribution in [0.25, 0.3) is 11.1 Å². The molecule has 0 N–H and O–H groups in total. The van der Waals surface area contributed by atoms with Crippen molar-refractivity contribution in [3.05, 3.63) is 89.1 Å². The summed E-state index contributed by atoms with van der Waals surface area (Å²) in [5.41, 5.74) is 3.34. The van der Waals surface area contributed by atoms with Crippen LogP contribution in [0.5, 0.6) is 5.75 Å². The van der Waals surface area contributed by atoms with Gasteiger partial charge in [0.1, 0.15) is 10.8 Å². The zero-order chi connectivity index (χ0) is 22.5. The number of ether oxygens (including phenoxy) is 2. The predicted octanol–water partition coefficient (Wildman–Crippen LogP) is 5.59. The third kappa shape index (κ3) is 4.95. The molecule has 4 aromatic rings. The molecule has 0 aliphatic rings. The lowest BCUT2D eigenvalue weighted by Gasteiger charge is -2.09. The van der Waals surface area contributed by atoms with Gasteiger partial charge in [-0.3, -0.25) is 0 Å². The van der Waals surface area contributed by atoms with Crippen LogP contribution in [0.4, 0.5) is 0 Å². The van der Waals surface area contributed by atoms with Crippen molar-refractivity contribution >= 4 is 29.3 Å². The van der Waals surface area contributed by atoms with Gasteiger partial charge in [-0.2, -0.15) is 0 Å². The molecule has 0 aliphatic carbocycles. The average Bonchev–Trinajstić information content (AvgIpc) is 3.22. The number of carbonyl (C=O) groups excluding carboxylic acids is 1. The molecule has 1 aromatic heterocycles. The number of halogens is 1. The first-order chi connectivity index (χ1) is 15.6. The van der Waals surface area contributed by atoms with Crippen LogP contribution in [-0.4, -0.2) is 35.2 Å². The highest BCUT2D eigenvalue weighted by molar-refractivity contribution is 7.99. The Kier molecular flexibility index (Phi) is 6.78. The summed E-state index contributed by atoms with van der Waals surface area (Å²) in [7, 11) is 2.96. The fourth-order valence-corrected chi connectivity index (χ4v) is 4.16. The number of carbonyl (C=O) groups is 1. The zero-order valence-electron chi connectivity index (χ0n) is 17.5. The fourth-order valence-electron chi connectivity index (χ4n) is 3.11. The summed E-state index contributed by atoms with van der Waals surface area (Å²) in [6.45, 7) is 0.458. The van der Waals surface area contributed by atoms with E-state index in [0.29, 0.717) is 16.6 Å². The summed E-state index contributed by atoms with van der Waals surface area (Å²) in [5, 5.41) is 9.58. The molecule has 1 heterocycles. The van der Waals surface area contributed by atoms with E-state index < -0.39 is 5.97 Å². The second-order valence-corrected chi connectivity index (χ2v) is 8.37. The van der Waals surface area contributed by atoms with Gasteiger partial charge in [0.25, 0.3) is 0 Å². The van der Waals surface area contributed by atoms with Crippen molar-refractivity contribution in [3.63, 3.8) is 0 Å². The van der Waals surface area contributed by atoms with Gasteiger partial charge in [0, 0.05) is 9.92 Å². The van der Waals surface area contributed by atoms with Crippen molar-refractivity contribution in [2.24, 2.45) is 0 Å². The molecule has 32 heavy (non-hydrogen) atoms. The highest BCUT2D eigenvalue weighted by atomic mass is 35.5. The van der Waals surface area contributed by atoms with Crippen LogP contribution in [0.1, 0.15) is 16.1 Å². The maximum Gasteiger partial charge on any atom is 0.361 e. The highest BCUT2D eigenvalue weighted by Crippen LogP contribution is 2.32. The summed E-state index contributed by atoms with van der Waals surface area (Å²) in [6, 6.07) is 23.4. The van der Waals surface area contributed by atoms with Crippen molar-refractivity contribution in [1.29, 1.82) is 0 Å². The van der Waals surface area contributed by atoms with E-state index in [1.54, 1.807) is 11.8 Å². The van der Waals surface area contributed by atoms with Crippen LogP contribution in [0.3, 0.4) is 0 Å². The standard InChI is InChI=1S/C24H20ClN3O3S/c1-30-20-11-3-16(4-12-20)15-28-23(22(26-27-28)24(29)31-2)32-21-13-7-18(8-14-21)17-5-9-19(25)10-6-17/h3-14H,15H2,1-2H3. The molecule has 0 saturated heterocycles. The molecular formula is C24H20ClN3O3S. The normalized spacial score (nSPS) is 10.7. The van der Waals surface area contributed by atoms with E-state index in [2.05, 4.69) is 10.3 Å². The lowest BCUT2D eigenvalue weighted by atomic mass is 10.1. The molecule has 0 spiro atoms. The predicted molar refractivity (Wildman–Crippen MR) is 124 cm³/mol. The SMILES string of the molecule is COC(=O)c1nnn(Cc2ccc(OC)cc2)c1Sc1ccc(-c2ccc(Cl)cc2)cc1. The molecule has 0 bridgehead atoms. The molecular weight excluding hydrogens is 446 g/mol. The van der Waals surface area contributed by atoms with Crippen molar-refractivity contribution in [3.8, 4) is 16.9 Å². The Morgan fingerprint density at radius 1 is 0.938 bits per heavy atom. The number of rotatable bonds is 7. The lowest BCUT2D eigenvalue weighted by Crippen LogP contribution is -2.06. The van der Waals surface area contributed by atoms with Crippen molar-refractivity contribution in [2.75, 3.05) is 14.2 Å². The van der Waals surface area contributed by atoms with E-state index in [-0.39, 0.29) is 5.69 Å². The summed E-state index contributed by atoms with van der Waals surface area (Å²) in [5.74, 6) is 0.254. The molecule has 6 nitrogen and oxygen atoms in total. The molecule has 0 unspecified atom stereocenters. The summed E-state index contributed by atoms with van der Waals surface area (Å²) in [4.78, 5) is 13.2. The van der Waals surface area contributed by atoms with E-state index in [9.17, 15) is 4.79 Å². The summed E-state index contributed by atoms with van der Waals surface area (Å²) < 4.78 is 11.8. The number of nitrogens with zero attached hydrogens (tertiary/aromatic N) is 3. The van der Waals surface area contributed by atoms with E-state index in [0.717, 1.165) is 27.3 Å². The number of hydrogen-bond acceptors (Lipinski definition) is 6. The maximum absolute atomic E-state index is 12.3. The molecule has 8 heteroatoms. The third-order valence-corrected chi connectivity index (χ3v) is 6.16. The van der Waals surface area contributed by atoms with Crippen LogP contribution in [-0.2, 0) is 11.3 Å². The van der Waals surface area contributed by atoms with Crippen molar-refractivity contribution in [1.82, 2.24) is 15.0 Å². The second-order valence-electron chi connectivity index (χ2n) is 6.87. The molecule has 3 aromatic carbocycles. The minimum absolute atomic E-state index is 0.188. The molecule has 0 saturated carbocycles. The number of methoxy groups -OCH3 is 2. The minimum atomic E-state index is -0.522. The monoisotopic (exact) mass is 465 g/mol. The zero-order valence-corrected chi connectivity index (χ0v) is 19.1. The molecule has 0 radical (unpaired) electrons. The second kappa shape index (κ2) is 9.89. The van der Waals surface area contributed by atoms with Crippen LogP contribution < -0.4 is 4.74 Å². The molecule has 0 aliphatic heterocycles. The molecule has 0 atom stereocenters. The molecule has 4 rings (SSSR count). The Labute approximate surface area is 195 Å². The van der Waals surface area contributed by atoms with Gasteiger partial charge >= 0.3 is 5.97 Å². The van der Waals surface area contributed by atoms with Gasteiger partial charge in [-0.25, -0.2) is 9.48 Å². The Morgan fingerprint density at radius 2 is 1.56 bits per heavy atom. The number of esters is 1. The molecule has 162 valence electrons. The molecule has 0 amide bonds. The topological polar surface area (TPSA) is 66.2 Å². The Balaban J connectivity index is 1.60. The largest absolute Gasteiger partial charge is 0.497 e. The first-order valence-corrected chi connectivity index (χ1v) is 11.0. The minimum Gasteiger partial charge on any atom is -0.497 e. The fraction of sp³-hybridized carbons (Fsp3) is 0.125. The van der Waals surface area contributed by atoms with Gasteiger partial charge in [0.15, 0.2) is 0 Å². The average molecular weight is 466 g/mol. The van der Waals surface area contributed by atoms with Crippen molar-refractivity contribution in [2.45, 2.75) is 16.5 Å². The van der Waals surface area contributed by atoms with Crippen LogP contribution in [0, 0.1) is 0 Å². The van der Waals surface area contributed by atoms with E-state index in [4.69, 9.17) is 21.1 Å². The van der Waals surface area contributed by atoms with Crippen LogP contribution >= 0.6 is 23.4 Å². The van der Waals surface area contributed by atoms with E-state index in [1.807, 2.05) is 72.8 Å². The first kappa shape index (κ1) is 21.9. The van der Waals surface area contributed by atoms with Gasteiger partial charge in [-0.15, -0.1) is 5.10 Å².